The van der Waals surface area contributed by atoms with Gasteiger partial charge in [0.15, 0.2) is 0 Å². The number of benzene rings is 1. The third-order valence-corrected chi connectivity index (χ3v) is 6.53. The highest BCUT2D eigenvalue weighted by atomic mass is 32.2. The van der Waals surface area contributed by atoms with Crippen LogP contribution < -0.4 is 4.72 Å². The number of aryl methyl sites for hydroxylation is 3. The summed E-state index contributed by atoms with van der Waals surface area (Å²) < 4.78 is 33.6. The molecule has 2 N–H and O–H groups in total. The van der Waals surface area contributed by atoms with Gasteiger partial charge in [0.2, 0.25) is 10.0 Å². The molecule has 0 aliphatic carbocycles. The van der Waals surface area contributed by atoms with Crippen molar-refractivity contribution in [3.63, 3.8) is 0 Å². The molecule has 0 saturated carbocycles. The van der Waals surface area contributed by atoms with E-state index >= 15 is 0 Å². The molecule has 0 aliphatic heterocycles. The van der Waals surface area contributed by atoms with Gasteiger partial charge >= 0.3 is 5.97 Å². The molecule has 0 heterocycles. The highest BCUT2D eigenvalue weighted by Gasteiger charge is 2.43. The number of rotatable bonds is 8. The smallest absolute Gasteiger partial charge is 0.313 e. The van der Waals surface area contributed by atoms with Gasteiger partial charge in [-0.25, -0.2) is 13.1 Å². The molecule has 154 valence electrons. The third kappa shape index (κ3) is 5.53. The number of carbonyl (C=O) groups is 1. The first-order valence-corrected chi connectivity index (χ1v) is 10.6. The minimum Gasteiger partial charge on any atom is -0.469 e. The number of esters is 1. The Morgan fingerprint density at radius 2 is 1.67 bits per heavy atom. The summed E-state index contributed by atoms with van der Waals surface area (Å²) in [4.78, 5) is 12.3. The van der Waals surface area contributed by atoms with E-state index in [1.807, 2.05) is 32.9 Å². The molecule has 0 amide bonds. The third-order valence-electron chi connectivity index (χ3n) is 4.74. The van der Waals surface area contributed by atoms with Gasteiger partial charge in [0, 0.05) is 6.04 Å². The summed E-state index contributed by atoms with van der Waals surface area (Å²) in [6.07, 6.45) is -0.863. The summed E-state index contributed by atoms with van der Waals surface area (Å²) in [5, 5.41) is 10.9. The minimum atomic E-state index is -3.88. The van der Waals surface area contributed by atoms with Crippen LogP contribution in [-0.2, 0) is 19.6 Å². The van der Waals surface area contributed by atoms with E-state index in [1.165, 1.54) is 7.11 Å². The van der Waals surface area contributed by atoms with Crippen LogP contribution in [0.2, 0.25) is 0 Å². The summed E-state index contributed by atoms with van der Waals surface area (Å²) in [5.41, 5.74) is 1.01. The maximum atomic E-state index is 13.1. The summed E-state index contributed by atoms with van der Waals surface area (Å²) in [6.45, 7) is 12.4. The maximum Gasteiger partial charge on any atom is 0.313 e. The van der Waals surface area contributed by atoms with Crippen LogP contribution in [0, 0.1) is 32.1 Å². The van der Waals surface area contributed by atoms with Crippen LogP contribution in [0.4, 0.5) is 0 Å². The van der Waals surface area contributed by atoms with Gasteiger partial charge < -0.3 is 9.84 Å². The SMILES string of the molecule is COC(=O)C(C)(C)[C@H](O)[C@H](CC(C)C)NS(=O)(=O)c1c(C)cc(C)cc1C. The Bertz CT molecular complexity index is 761. The Balaban J connectivity index is 3.33. The van der Waals surface area contributed by atoms with Gasteiger partial charge in [-0.15, -0.1) is 0 Å². The minimum absolute atomic E-state index is 0.112. The van der Waals surface area contributed by atoms with Crippen molar-refractivity contribution in [1.29, 1.82) is 0 Å². The van der Waals surface area contributed by atoms with Gasteiger partial charge in [-0.3, -0.25) is 4.79 Å². The highest BCUT2D eigenvalue weighted by molar-refractivity contribution is 7.89. The lowest BCUT2D eigenvalue weighted by Gasteiger charge is -2.35. The molecule has 1 aromatic carbocycles. The van der Waals surface area contributed by atoms with Gasteiger partial charge in [0.25, 0.3) is 0 Å². The lowest BCUT2D eigenvalue weighted by molar-refractivity contribution is -0.158. The number of methoxy groups -OCH3 is 1. The normalized spacial score (nSPS) is 14.9. The number of nitrogens with one attached hydrogen (secondary N) is 1. The summed E-state index contributed by atoms with van der Waals surface area (Å²) >= 11 is 0. The first-order chi connectivity index (χ1) is 12.2. The van der Waals surface area contributed by atoms with E-state index in [0.29, 0.717) is 17.5 Å². The van der Waals surface area contributed by atoms with E-state index in [4.69, 9.17) is 4.74 Å². The lowest BCUT2D eigenvalue weighted by atomic mass is 9.80. The zero-order valence-electron chi connectivity index (χ0n) is 17.6. The molecular formula is C20H33NO5S. The van der Waals surface area contributed by atoms with Crippen LogP contribution in [0.25, 0.3) is 0 Å². The quantitative estimate of drug-likeness (QED) is 0.656. The van der Waals surface area contributed by atoms with Crippen molar-refractivity contribution in [3.05, 3.63) is 28.8 Å². The fourth-order valence-corrected chi connectivity index (χ4v) is 5.19. The van der Waals surface area contributed by atoms with E-state index < -0.39 is 33.6 Å². The van der Waals surface area contributed by atoms with Crippen molar-refractivity contribution in [3.8, 4) is 0 Å². The molecule has 1 aromatic rings. The molecule has 0 aromatic heterocycles. The molecule has 1 rings (SSSR count). The Morgan fingerprint density at radius 3 is 2.07 bits per heavy atom. The number of hydrogen-bond acceptors (Lipinski definition) is 5. The molecule has 6 nitrogen and oxygen atoms in total. The second-order valence-corrected chi connectivity index (χ2v) is 9.89. The lowest BCUT2D eigenvalue weighted by Crippen LogP contribution is -2.53. The fraction of sp³-hybridized carbons (Fsp3) is 0.650. The molecule has 0 fully saturated rings. The van der Waals surface area contributed by atoms with Gasteiger partial charge in [-0.1, -0.05) is 31.5 Å². The number of carbonyl (C=O) groups excluding carboxylic acids is 1. The fourth-order valence-electron chi connectivity index (χ4n) is 3.48. The second-order valence-electron chi connectivity index (χ2n) is 8.24. The predicted octanol–water partition coefficient (Wildman–Crippen LogP) is 2.86. The maximum absolute atomic E-state index is 13.1. The average molecular weight is 400 g/mol. The van der Waals surface area contributed by atoms with Crippen molar-refractivity contribution in [2.75, 3.05) is 7.11 Å². The van der Waals surface area contributed by atoms with Crippen LogP contribution >= 0.6 is 0 Å². The molecule has 0 radical (unpaired) electrons. The molecule has 0 spiro atoms. The van der Waals surface area contributed by atoms with Crippen molar-refractivity contribution >= 4 is 16.0 Å². The number of sulfonamides is 1. The van der Waals surface area contributed by atoms with Crippen molar-refractivity contribution < 1.29 is 23.1 Å². The van der Waals surface area contributed by atoms with Crippen LogP contribution in [-0.4, -0.2) is 38.7 Å². The van der Waals surface area contributed by atoms with Crippen LogP contribution in [0.1, 0.15) is 50.8 Å². The second kappa shape index (κ2) is 8.71. The molecule has 0 bridgehead atoms. The van der Waals surface area contributed by atoms with E-state index in [1.54, 1.807) is 27.7 Å². The zero-order valence-corrected chi connectivity index (χ0v) is 18.4. The van der Waals surface area contributed by atoms with Crippen molar-refractivity contribution in [2.24, 2.45) is 11.3 Å². The molecule has 0 saturated heterocycles. The van der Waals surface area contributed by atoms with Crippen molar-refractivity contribution in [1.82, 2.24) is 4.72 Å². The van der Waals surface area contributed by atoms with Gasteiger partial charge in [-0.2, -0.15) is 0 Å². The van der Waals surface area contributed by atoms with Gasteiger partial charge in [0.05, 0.1) is 23.5 Å². The molecule has 27 heavy (non-hydrogen) atoms. The van der Waals surface area contributed by atoms with Gasteiger partial charge in [-0.05, 0) is 58.1 Å². The number of ether oxygens (including phenoxy) is 1. The molecule has 7 heteroatoms. The van der Waals surface area contributed by atoms with E-state index in [9.17, 15) is 18.3 Å². The van der Waals surface area contributed by atoms with Crippen LogP contribution in [0.5, 0.6) is 0 Å². The zero-order chi connectivity index (χ0) is 21.2. The number of aliphatic hydroxyl groups excluding tert-OH is 1. The standard InChI is InChI=1S/C20H33NO5S/c1-12(2)9-16(18(22)20(6,7)19(23)26-8)21-27(24,25)17-14(4)10-13(3)11-15(17)5/h10-12,16,18,21-22H,9H2,1-8H3/t16-,18+/m0/s1. The van der Waals surface area contributed by atoms with Crippen molar-refractivity contribution in [2.45, 2.75) is 71.9 Å². The number of aliphatic hydroxyl groups is 1. The Hall–Kier alpha value is -1.44. The summed E-state index contributed by atoms with van der Waals surface area (Å²) in [5.74, 6) is -0.480. The van der Waals surface area contributed by atoms with Gasteiger partial charge in [0.1, 0.15) is 0 Å². The Morgan fingerprint density at radius 1 is 1.19 bits per heavy atom. The largest absolute Gasteiger partial charge is 0.469 e. The van der Waals surface area contributed by atoms with Crippen LogP contribution in [0.3, 0.4) is 0 Å². The Kier molecular flexibility index (Phi) is 7.61. The molecular weight excluding hydrogens is 366 g/mol. The Labute approximate surface area is 163 Å². The van der Waals surface area contributed by atoms with E-state index in [2.05, 4.69) is 4.72 Å². The molecule has 0 unspecified atom stereocenters. The van der Waals surface area contributed by atoms with E-state index in [0.717, 1.165) is 5.56 Å². The highest BCUT2D eigenvalue weighted by Crippen LogP contribution is 2.29. The topological polar surface area (TPSA) is 92.7 Å². The predicted molar refractivity (Wildman–Crippen MR) is 106 cm³/mol. The monoisotopic (exact) mass is 399 g/mol. The van der Waals surface area contributed by atoms with E-state index in [-0.39, 0.29) is 10.8 Å². The summed E-state index contributed by atoms with van der Waals surface area (Å²) in [6, 6.07) is 2.80. The summed E-state index contributed by atoms with van der Waals surface area (Å²) in [7, 11) is -2.64. The molecule has 2 atom stereocenters. The average Bonchev–Trinajstić information content (AvgIpc) is 2.50. The molecule has 0 aliphatic rings. The first-order valence-electron chi connectivity index (χ1n) is 9.10. The number of hydrogen-bond donors (Lipinski definition) is 2. The van der Waals surface area contributed by atoms with Crippen LogP contribution in [0.15, 0.2) is 17.0 Å². The first kappa shape index (κ1) is 23.6.